The summed E-state index contributed by atoms with van der Waals surface area (Å²) in [7, 11) is 3.07. The number of carbonyl (C=O) groups is 2. The van der Waals surface area contributed by atoms with Gasteiger partial charge in [0.15, 0.2) is 0 Å². The molecular weight excluding hydrogens is 292 g/mol. The molecule has 0 radical (unpaired) electrons. The molecule has 2 N–H and O–H groups in total. The third-order valence-electron chi connectivity index (χ3n) is 3.45. The van der Waals surface area contributed by atoms with Crippen molar-refractivity contribution in [3.63, 3.8) is 0 Å². The molecule has 0 saturated heterocycles. The number of ether oxygens (including phenoxy) is 1. The molecule has 0 aliphatic carbocycles. The summed E-state index contributed by atoms with van der Waals surface area (Å²) >= 11 is 0. The summed E-state index contributed by atoms with van der Waals surface area (Å²) in [5, 5.41) is 5.37. The topological polar surface area (TPSA) is 67.4 Å². The average Bonchev–Trinajstić information content (AvgIpc) is 2.60. The van der Waals surface area contributed by atoms with Crippen molar-refractivity contribution in [3.05, 3.63) is 59.7 Å². The molecule has 0 saturated carbocycles. The Morgan fingerprint density at radius 3 is 2.48 bits per heavy atom. The summed E-state index contributed by atoms with van der Waals surface area (Å²) in [6, 6.07) is 14.8. The first-order chi connectivity index (χ1) is 11.1. The van der Waals surface area contributed by atoms with Gasteiger partial charge in [0, 0.05) is 19.0 Å². The van der Waals surface area contributed by atoms with Gasteiger partial charge in [-0.15, -0.1) is 0 Å². The van der Waals surface area contributed by atoms with Gasteiger partial charge >= 0.3 is 0 Å². The van der Waals surface area contributed by atoms with Gasteiger partial charge in [0.05, 0.1) is 12.8 Å². The van der Waals surface area contributed by atoms with Crippen LogP contribution in [-0.4, -0.2) is 26.0 Å². The molecule has 0 atom stereocenters. The van der Waals surface area contributed by atoms with Crippen LogP contribution >= 0.6 is 0 Å². The van der Waals surface area contributed by atoms with Crippen molar-refractivity contribution in [2.45, 2.75) is 12.8 Å². The Hall–Kier alpha value is -2.82. The molecule has 0 unspecified atom stereocenters. The largest absolute Gasteiger partial charge is 0.495 e. The van der Waals surface area contributed by atoms with E-state index in [4.69, 9.17) is 4.74 Å². The molecule has 0 aliphatic rings. The molecule has 2 aromatic rings. The van der Waals surface area contributed by atoms with Crippen LogP contribution in [0, 0.1) is 0 Å². The molecule has 2 amide bonds. The second-order valence-corrected chi connectivity index (χ2v) is 5.03. The molecule has 0 aliphatic heterocycles. The van der Waals surface area contributed by atoms with Crippen molar-refractivity contribution in [3.8, 4) is 5.75 Å². The summed E-state index contributed by atoms with van der Waals surface area (Å²) in [6.07, 6.45) is 1.05. The van der Waals surface area contributed by atoms with Crippen molar-refractivity contribution in [1.29, 1.82) is 0 Å². The Labute approximate surface area is 135 Å². The smallest absolute Gasteiger partial charge is 0.251 e. The minimum Gasteiger partial charge on any atom is -0.495 e. The zero-order valence-electron chi connectivity index (χ0n) is 13.3. The minimum atomic E-state index is -0.203. The molecule has 0 aromatic heterocycles. The Bertz CT molecular complexity index is 684. The highest BCUT2D eigenvalue weighted by atomic mass is 16.5. The number of benzene rings is 2. The Morgan fingerprint density at radius 2 is 1.83 bits per heavy atom. The number of methoxy groups -OCH3 is 1. The van der Waals surface area contributed by atoms with E-state index in [1.807, 2.05) is 30.3 Å². The number of anilines is 1. The Kier molecular flexibility index (Phi) is 5.74. The maximum absolute atomic E-state index is 12.1. The van der Waals surface area contributed by atoms with E-state index >= 15 is 0 Å². The van der Waals surface area contributed by atoms with Crippen LogP contribution in [0.2, 0.25) is 0 Å². The second-order valence-electron chi connectivity index (χ2n) is 5.03. The van der Waals surface area contributed by atoms with Crippen LogP contribution in [-0.2, 0) is 11.2 Å². The van der Waals surface area contributed by atoms with E-state index in [2.05, 4.69) is 10.6 Å². The molecular formula is C18H20N2O3. The molecule has 5 nitrogen and oxygen atoms in total. The van der Waals surface area contributed by atoms with Crippen LogP contribution in [0.5, 0.6) is 5.75 Å². The van der Waals surface area contributed by atoms with Crippen molar-refractivity contribution in [2.75, 3.05) is 19.5 Å². The van der Waals surface area contributed by atoms with Gasteiger partial charge < -0.3 is 15.4 Å². The van der Waals surface area contributed by atoms with Gasteiger partial charge in [-0.05, 0) is 30.2 Å². The van der Waals surface area contributed by atoms with E-state index in [1.165, 1.54) is 7.11 Å². The molecule has 0 heterocycles. The fraction of sp³-hybridized carbons (Fsp3) is 0.222. The SMILES string of the molecule is CNC(=O)c1ccc(NC(=O)CCc2ccccc2)c(OC)c1. The normalized spacial score (nSPS) is 10.0. The highest BCUT2D eigenvalue weighted by Crippen LogP contribution is 2.25. The van der Waals surface area contributed by atoms with Gasteiger partial charge in [-0.2, -0.15) is 0 Å². The maximum Gasteiger partial charge on any atom is 0.251 e. The van der Waals surface area contributed by atoms with Crippen LogP contribution in [0.3, 0.4) is 0 Å². The lowest BCUT2D eigenvalue weighted by Gasteiger charge is -2.11. The van der Waals surface area contributed by atoms with E-state index in [-0.39, 0.29) is 11.8 Å². The lowest BCUT2D eigenvalue weighted by atomic mass is 10.1. The summed E-state index contributed by atoms with van der Waals surface area (Å²) in [5.41, 5.74) is 2.15. The lowest BCUT2D eigenvalue weighted by Crippen LogP contribution is -2.18. The molecule has 0 fully saturated rings. The molecule has 0 bridgehead atoms. The van der Waals surface area contributed by atoms with Gasteiger partial charge in [-0.25, -0.2) is 0 Å². The number of carbonyl (C=O) groups excluding carboxylic acids is 2. The number of rotatable bonds is 6. The molecule has 23 heavy (non-hydrogen) atoms. The van der Waals surface area contributed by atoms with Crippen molar-refractivity contribution in [1.82, 2.24) is 5.32 Å². The van der Waals surface area contributed by atoms with Crippen molar-refractivity contribution in [2.24, 2.45) is 0 Å². The first-order valence-electron chi connectivity index (χ1n) is 7.38. The quantitative estimate of drug-likeness (QED) is 0.861. The number of amides is 2. The number of aryl methyl sites for hydroxylation is 1. The highest BCUT2D eigenvalue weighted by Gasteiger charge is 2.11. The van der Waals surface area contributed by atoms with Crippen molar-refractivity contribution < 1.29 is 14.3 Å². The Balaban J connectivity index is 2.01. The number of nitrogens with one attached hydrogen (secondary N) is 2. The molecule has 0 spiro atoms. The predicted molar refractivity (Wildman–Crippen MR) is 89.8 cm³/mol. The monoisotopic (exact) mass is 312 g/mol. The van der Waals surface area contributed by atoms with Crippen LogP contribution < -0.4 is 15.4 Å². The van der Waals surface area contributed by atoms with Crippen LogP contribution in [0.4, 0.5) is 5.69 Å². The standard InChI is InChI=1S/C18H20N2O3/c1-19-18(22)14-9-10-15(16(12-14)23-2)20-17(21)11-8-13-6-4-3-5-7-13/h3-7,9-10,12H,8,11H2,1-2H3,(H,19,22)(H,20,21). The van der Waals surface area contributed by atoms with E-state index in [0.29, 0.717) is 29.8 Å². The molecule has 2 aromatic carbocycles. The molecule has 120 valence electrons. The van der Waals surface area contributed by atoms with E-state index in [0.717, 1.165) is 5.56 Å². The van der Waals surface area contributed by atoms with Crippen LogP contribution in [0.15, 0.2) is 48.5 Å². The summed E-state index contributed by atoms with van der Waals surface area (Å²) in [6.45, 7) is 0. The van der Waals surface area contributed by atoms with E-state index < -0.39 is 0 Å². The summed E-state index contributed by atoms with van der Waals surface area (Å²) < 4.78 is 5.25. The zero-order chi connectivity index (χ0) is 16.7. The van der Waals surface area contributed by atoms with Gasteiger partial charge in [-0.1, -0.05) is 30.3 Å². The first kappa shape index (κ1) is 16.5. The van der Waals surface area contributed by atoms with Gasteiger partial charge in [0.25, 0.3) is 5.91 Å². The summed E-state index contributed by atoms with van der Waals surface area (Å²) in [5.74, 6) is 0.157. The van der Waals surface area contributed by atoms with Crippen LogP contribution in [0.1, 0.15) is 22.3 Å². The van der Waals surface area contributed by atoms with Gasteiger partial charge in [0.2, 0.25) is 5.91 Å². The molecule has 2 rings (SSSR count). The minimum absolute atomic E-state index is 0.0974. The zero-order valence-corrected chi connectivity index (χ0v) is 13.3. The number of hydrogen-bond acceptors (Lipinski definition) is 3. The van der Waals surface area contributed by atoms with Crippen LogP contribution in [0.25, 0.3) is 0 Å². The average molecular weight is 312 g/mol. The van der Waals surface area contributed by atoms with Gasteiger partial charge in [0.1, 0.15) is 5.75 Å². The number of hydrogen-bond donors (Lipinski definition) is 2. The van der Waals surface area contributed by atoms with E-state index in [1.54, 1.807) is 25.2 Å². The third kappa shape index (κ3) is 4.57. The fourth-order valence-electron chi connectivity index (χ4n) is 2.20. The van der Waals surface area contributed by atoms with Crippen molar-refractivity contribution >= 4 is 17.5 Å². The fourth-order valence-corrected chi connectivity index (χ4v) is 2.20. The first-order valence-corrected chi connectivity index (χ1v) is 7.38. The maximum atomic E-state index is 12.1. The highest BCUT2D eigenvalue weighted by molar-refractivity contribution is 5.97. The van der Waals surface area contributed by atoms with Gasteiger partial charge in [-0.3, -0.25) is 9.59 Å². The van der Waals surface area contributed by atoms with E-state index in [9.17, 15) is 9.59 Å². The predicted octanol–water partition coefficient (Wildman–Crippen LogP) is 2.63. The Morgan fingerprint density at radius 1 is 1.09 bits per heavy atom. The summed E-state index contributed by atoms with van der Waals surface area (Å²) in [4.78, 5) is 23.7. The second kappa shape index (κ2) is 7.98. The lowest BCUT2D eigenvalue weighted by molar-refractivity contribution is -0.116. The third-order valence-corrected chi connectivity index (χ3v) is 3.45. The molecule has 5 heteroatoms.